The van der Waals surface area contributed by atoms with Crippen LogP contribution in [-0.2, 0) is 14.3 Å². The smallest absolute Gasteiger partial charge is 0.328 e. The number of ether oxygens (including phenoxy) is 1. The molecule has 1 fully saturated rings. The van der Waals surface area contributed by atoms with Gasteiger partial charge in [0.2, 0.25) is 0 Å². The minimum atomic E-state index is -0.426. The highest BCUT2D eigenvalue weighted by Crippen LogP contribution is 2.35. The third kappa shape index (κ3) is 2.01. The van der Waals surface area contributed by atoms with Gasteiger partial charge in [0.05, 0.1) is 7.11 Å². The molecule has 20 heavy (non-hydrogen) atoms. The van der Waals surface area contributed by atoms with Crippen LogP contribution in [0.25, 0.3) is 5.57 Å². The van der Waals surface area contributed by atoms with E-state index in [0.29, 0.717) is 12.0 Å². The first-order valence-electron chi connectivity index (χ1n) is 6.88. The summed E-state index contributed by atoms with van der Waals surface area (Å²) < 4.78 is 4.82. The first-order chi connectivity index (χ1) is 9.72. The predicted octanol–water partition coefficient (Wildman–Crippen LogP) is 2.01. The third-order valence-corrected chi connectivity index (χ3v) is 4.12. The molecule has 104 valence electrons. The van der Waals surface area contributed by atoms with E-state index in [0.717, 1.165) is 18.4 Å². The summed E-state index contributed by atoms with van der Waals surface area (Å²) in [5.74, 6) is -0.365. The lowest BCUT2D eigenvalue weighted by molar-refractivity contribution is -0.150. The maximum atomic E-state index is 12.7. The van der Waals surface area contributed by atoms with E-state index in [1.807, 2.05) is 36.4 Å². The van der Waals surface area contributed by atoms with Crippen molar-refractivity contribution >= 4 is 17.4 Å². The standard InChI is InChI=1S/C16H17NO3/c1-20-16(19)14-10-8-12-7-9-13(15(18)17(12)14)11-5-3-2-4-6-11/h2-6,9,12,14H,7-8,10H2,1H3/t12-,14-/m0/s1. The molecule has 0 radical (unpaired) electrons. The average Bonchev–Trinajstić information content (AvgIpc) is 2.92. The van der Waals surface area contributed by atoms with Gasteiger partial charge >= 0.3 is 5.97 Å². The zero-order valence-corrected chi connectivity index (χ0v) is 11.4. The third-order valence-electron chi connectivity index (χ3n) is 4.12. The molecule has 3 rings (SSSR count). The Balaban J connectivity index is 1.91. The summed E-state index contributed by atoms with van der Waals surface area (Å²) in [5, 5.41) is 0. The summed E-state index contributed by atoms with van der Waals surface area (Å²) in [7, 11) is 1.37. The second-order valence-corrected chi connectivity index (χ2v) is 5.20. The van der Waals surface area contributed by atoms with Gasteiger partial charge in [-0.05, 0) is 24.8 Å². The van der Waals surface area contributed by atoms with Crippen molar-refractivity contribution in [2.75, 3.05) is 7.11 Å². The second kappa shape index (κ2) is 5.12. The fourth-order valence-corrected chi connectivity index (χ4v) is 3.13. The van der Waals surface area contributed by atoms with Crippen LogP contribution in [0.15, 0.2) is 36.4 Å². The van der Waals surface area contributed by atoms with Crippen molar-refractivity contribution in [3.8, 4) is 0 Å². The Morgan fingerprint density at radius 2 is 2.00 bits per heavy atom. The molecule has 1 aromatic rings. The van der Waals surface area contributed by atoms with E-state index in [2.05, 4.69) is 0 Å². The number of carbonyl (C=O) groups excluding carboxylic acids is 2. The Bertz CT molecular complexity index is 564. The van der Waals surface area contributed by atoms with Crippen molar-refractivity contribution in [1.82, 2.24) is 4.90 Å². The molecule has 0 aromatic heterocycles. The number of nitrogens with zero attached hydrogens (tertiary/aromatic N) is 1. The minimum absolute atomic E-state index is 0.0552. The lowest BCUT2D eigenvalue weighted by atomic mass is 9.97. The van der Waals surface area contributed by atoms with Gasteiger partial charge in [0.1, 0.15) is 6.04 Å². The van der Waals surface area contributed by atoms with Crippen LogP contribution in [0.3, 0.4) is 0 Å². The maximum Gasteiger partial charge on any atom is 0.328 e. The molecule has 0 unspecified atom stereocenters. The Kier molecular flexibility index (Phi) is 3.30. The van der Waals surface area contributed by atoms with Crippen molar-refractivity contribution in [2.45, 2.75) is 31.3 Å². The number of rotatable bonds is 2. The molecule has 1 saturated heterocycles. The quantitative estimate of drug-likeness (QED) is 0.773. The first-order valence-corrected chi connectivity index (χ1v) is 6.88. The molecular weight excluding hydrogens is 254 g/mol. The van der Waals surface area contributed by atoms with Crippen molar-refractivity contribution in [3.05, 3.63) is 42.0 Å². The van der Waals surface area contributed by atoms with Gasteiger partial charge in [0.15, 0.2) is 0 Å². The molecule has 2 heterocycles. The highest BCUT2D eigenvalue weighted by molar-refractivity contribution is 6.21. The molecule has 0 saturated carbocycles. The molecule has 4 nitrogen and oxygen atoms in total. The number of benzene rings is 1. The fourth-order valence-electron chi connectivity index (χ4n) is 3.13. The van der Waals surface area contributed by atoms with Crippen molar-refractivity contribution < 1.29 is 14.3 Å². The van der Waals surface area contributed by atoms with E-state index in [1.165, 1.54) is 7.11 Å². The van der Waals surface area contributed by atoms with Gasteiger partial charge in [0, 0.05) is 11.6 Å². The van der Waals surface area contributed by atoms with E-state index >= 15 is 0 Å². The number of carbonyl (C=O) groups is 2. The zero-order valence-electron chi connectivity index (χ0n) is 11.4. The highest BCUT2D eigenvalue weighted by Gasteiger charge is 2.43. The van der Waals surface area contributed by atoms with Crippen molar-refractivity contribution in [3.63, 3.8) is 0 Å². The van der Waals surface area contributed by atoms with Gasteiger partial charge in [-0.25, -0.2) is 4.79 Å². The van der Waals surface area contributed by atoms with Crippen molar-refractivity contribution in [2.24, 2.45) is 0 Å². The molecule has 4 heteroatoms. The summed E-state index contributed by atoms with van der Waals surface area (Å²) in [6.07, 6.45) is 4.37. The van der Waals surface area contributed by atoms with Crippen LogP contribution in [0.4, 0.5) is 0 Å². The SMILES string of the molecule is COC(=O)[C@@H]1CC[C@@H]2CC=C(c3ccccc3)C(=O)N21. The van der Waals surface area contributed by atoms with Crippen LogP contribution in [0.5, 0.6) is 0 Å². The van der Waals surface area contributed by atoms with Crippen LogP contribution in [0.2, 0.25) is 0 Å². The minimum Gasteiger partial charge on any atom is -0.467 e. The molecule has 0 spiro atoms. The van der Waals surface area contributed by atoms with Crippen LogP contribution in [0, 0.1) is 0 Å². The largest absolute Gasteiger partial charge is 0.467 e. The number of methoxy groups -OCH3 is 1. The zero-order chi connectivity index (χ0) is 14.1. The average molecular weight is 271 g/mol. The summed E-state index contributed by atoms with van der Waals surface area (Å²) in [6.45, 7) is 0. The fraction of sp³-hybridized carbons (Fsp3) is 0.375. The number of hydrogen-bond donors (Lipinski definition) is 0. The Hall–Kier alpha value is -2.10. The summed E-state index contributed by atoms with van der Waals surface area (Å²) >= 11 is 0. The predicted molar refractivity (Wildman–Crippen MR) is 74.7 cm³/mol. The molecule has 0 aliphatic carbocycles. The summed E-state index contributed by atoms with van der Waals surface area (Å²) in [4.78, 5) is 26.2. The second-order valence-electron chi connectivity index (χ2n) is 5.20. The number of amides is 1. The first kappa shape index (κ1) is 12.9. The molecule has 0 N–H and O–H groups in total. The molecule has 1 amide bonds. The molecule has 2 aliphatic rings. The normalized spacial score (nSPS) is 25.1. The van der Waals surface area contributed by atoms with Gasteiger partial charge < -0.3 is 9.64 Å². The van der Waals surface area contributed by atoms with Gasteiger partial charge in [-0.15, -0.1) is 0 Å². The van der Waals surface area contributed by atoms with Crippen LogP contribution in [-0.4, -0.2) is 36.0 Å². The monoisotopic (exact) mass is 271 g/mol. The number of esters is 1. The van der Waals surface area contributed by atoms with Crippen LogP contribution in [0.1, 0.15) is 24.8 Å². The lowest BCUT2D eigenvalue weighted by Crippen LogP contribution is -2.47. The van der Waals surface area contributed by atoms with Crippen LogP contribution < -0.4 is 0 Å². The summed E-state index contributed by atoms with van der Waals surface area (Å²) in [5.41, 5.74) is 1.60. The molecular formula is C16H17NO3. The van der Waals surface area contributed by atoms with E-state index in [-0.39, 0.29) is 17.9 Å². The molecule has 1 aromatic carbocycles. The van der Waals surface area contributed by atoms with E-state index in [9.17, 15) is 9.59 Å². The van der Waals surface area contributed by atoms with Gasteiger partial charge in [-0.3, -0.25) is 4.79 Å². The topological polar surface area (TPSA) is 46.6 Å². The lowest BCUT2D eigenvalue weighted by Gasteiger charge is -2.32. The van der Waals surface area contributed by atoms with Gasteiger partial charge in [-0.1, -0.05) is 36.4 Å². The maximum absolute atomic E-state index is 12.7. The molecule has 2 aliphatic heterocycles. The number of hydrogen-bond acceptors (Lipinski definition) is 3. The Labute approximate surface area is 118 Å². The van der Waals surface area contributed by atoms with E-state index in [1.54, 1.807) is 4.90 Å². The Morgan fingerprint density at radius 3 is 2.70 bits per heavy atom. The van der Waals surface area contributed by atoms with E-state index < -0.39 is 6.04 Å². The van der Waals surface area contributed by atoms with Gasteiger partial charge in [-0.2, -0.15) is 0 Å². The van der Waals surface area contributed by atoms with Crippen LogP contribution >= 0.6 is 0 Å². The number of fused-ring (bicyclic) bond motifs is 1. The summed E-state index contributed by atoms with van der Waals surface area (Å²) in [6, 6.07) is 9.31. The molecule has 0 bridgehead atoms. The van der Waals surface area contributed by atoms with E-state index in [4.69, 9.17) is 4.74 Å². The Morgan fingerprint density at radius 1 is 1.25 bits per heavy atom. The van der Waals surface area contributed by atoms with Crippen molar-refractivity contribution in [1.29, 1.82) is 0 Å². The van der Waals surface area contributed by atoms with Gasteiger partial charge in [0.25, 0.3) is 5.91 Å². The highest BCUT2D eigenvalue weighted by atomic mass is 16.5. The molecule has 2 atom stereocenters.